The first-order chi connectivity index (χ1) is 16.7. The van der Waals surface area contributed by atoms with Crippen molar-refractivity contribution in [2.45, 2.75) is 33.3 Å². The SMILES string of the molecule is COc1ccc(C)c(N2CC(OC(=O)Nc3ccc(N(C)c4nc(C)cc(C)n4)cc3)CC2=O)c1. The third-order valence-electron chi connectivity index (χ3n) is 5.84. The number of ether oxygens (including phenoxy) is 2. The van der Waals surface area contributed by atoms with Gasteiger partial charge in [0.25, 0.3) is 0 Å². The number of aromatic nitrogens is 2. The van der Waals surface area contributed by atoms with Crippen LogP contribution in [0.4, 0.5) is 27.8 Å². The number of hydrogen-bond donors (Lipinski definition) is 1. The second-order valence-electron chi connectivity index (χ2n) is 8.57. The van der Waals surface area contributed by atoms with E-state index >= 15 is 0 Å². The van der Waals surface area contributed by atoms with Gasteiger partial charge < -0.3 is 19.3 Å². The van der Waals surface area contributed by atoms with E-state index in [0.717, 1.165) is 28.3 Å². The molecule has 9 nitrogen and oxygen atoms in total. The molecule has 1 atom stereocenters. The number of methoxy groups -OCH3 is 1. The molecule has 2 aromatic carbocycles. The Morgan fingerprint density at radius 2 is 1.74 bits per heavy atom. The van der Waals surface area contributed by atoms with Gasteiger partial charge in [0.2, 0.25) is 11.9 Å². The summed E-state index contributed by atoms with van der Waals surface area (Å²) in [6.07, 6.45) is -1.02. The minimum absolute atomic E-state index is 0.0971. The number of carbonyl (C=O) groups is 2. The van der Waals surface area contributed by atoms with Crippen LogP contribution in [0.2, 0.25) is 0 Å². The molecule has 2 amide bonds. The largest absolute Gasteiger partial charge is 0.497 e. The molecule has 1 aliphatic rings. The van der Waals surface area contributed by atoms with Crippen LogP contribution in [0.5, 0.6) is 5.75 Å². The molecule has 0 aliphatic carbocycles. The van der Waals surface area contributed by atoms with E-state index in [-0.39, 0.29) is 12.3 Å². The molecule has 1 N–H and O–H groups in total. The lowest BCUT2D eigenvalue weighted by Gasteiger charge is -2.20. The van der Waals surface area contributed by atoms with Gasteiger partial charge in [0.15, 0.2) is 0 Å². The summed E-state index contributed by atoms with van der Waals surface area (Å²) in [5.41, 5.74) is 4.95. The van der Waals surface area contributed by atoms with Gasteiger partial charge >= 0.3 is 6.09 Å². The first kappa shape index (κ1) is 24.0. The van der Waals surface area contributed by atoms with E-state index in [0.29, 0.717) is 23.9 Å². The van der Waals surface area contributed by atoms with Crippen molar-refractivity contribution < 1.29 is 19.1 Å². The zero-order valence-corrected chi connectivity index (χ0v) is 20.5. The van der Waals surface area contributed by atoms with E-state index in [2.05, 4.69) is 15.3 Å². The highest BCUT2D eigenvalue weighted by molar-refractivity contribution is 5.97. The fraction of sp³-hybridized carbons (Fsp3) is 0.308. The van der Waals surface area contributed by atoms with E-state index in [4.69, 9.17) is 9.47 Å². The average molecular weight is 476 g/mol. The smallest absolute Gasteiger partial charge is 0.411 e. The number of nitrogens with one attached hydrogen (secondary N) is 1. The Kier molecular flexibility index (Phi) is 6.86. The van der Waals surface area contributed by atoms with Gasteiger partial charge in [0.05, 0.1) is 25.8 Å². The van der Waals surface area contributed by atoms with Crippen LogP contribution in [0.1, 0.15) is 23.4 Å². The molecule has 1 saturated heterocycles. The molecule has 1 aliphatic heterocycles. The fourth-order valence-corrected chi connectivity index (χ4v) is 4.03. The van der Waals surface area contributed by atoms with Crippen molar-refractivity contribution in [1.29, 1.82) is 0 Å². The lowest BCUT2D eigenvalue weighted by Crippen LogP contribution is -2.28. The van der Waals surface area contributed by atoms with Crippen LogP contribution in [-0.4, -0.2) is 48.8 Å². The third kappa shape index (κ3) is 5.51. The van der Waals surface area contributed by atoms with Crippen molar-refractivity contribution >= 4 is 35.0 Å². The minimum atomic E-state index is -0.606. The summed E-state index contributed by atoms with van der Waals surface area (Å²) in [7, 11) is 3.47. The van der Waals surface area contributed by atoms with Crippen LogP contribution < -0.4 is 19.9 Å². The van der Waals surface area contributed by atoms with Crippen molar-refractivity contribution in [3.05, 3.63) is 65.5 Å². The Hall–Kier alpha value is -4.14. The first-order valence-corrected chi connectivity index (χ1v) is 11.3. The fourth-order valence-electron chi connectivity index (χ4n) is 4.03. The molecule has 1 aromatic heterocycles. The third-order valence-corrected chi connectivity index (χ3v) is 5.84. The van der Waals surface area contributed by atoms with Crippen LogP contribution in [0.3, 0.4) is 0 Å². The molecule has 0 spiro atoms. The first-order valence-electron chi connectivity index (χ1n) is 11.3. The number of aryl methyl sites for hydroxylation is 3. The van der Waals surface area contributed by atoms with Gasteiger partial charge in [0.1, 0.15) is 11.9 Å². The van der Waals surface area contributed by atoms with Gasteiger partial charge in [0, 0.05) is 35.9 Å². The number of anilines is 4. The summed E-state index contributed by atoms with van der Waals surface area (Å²) < 4.78 is 10.8. The second kappa shape index (κ2) is 10.0. The molecule has 182 valence electrons. The number of rotatable bonds is 6. The summed E-state index contributed by atoms with van der Waals surface area (Å²) in [6, 6.07) is 14.8. The molecule has 0 saturated carbocycles. The Labute approximate surface area is 204 Å². The van der Waals surface area contributed by atoms with Gasteiger partial charge in [-0.05, 0) is 62.7 Å². The second-order valence-corrected chi connectivity index (χ2v) is 8.57. The molecule has 35 heavy (non-hydrogen) atoms. The summed E-state index contributed by atoms with van der Waals surface area (Å²) in [4.78, 5) is 37.5. The molecular formula is C26H29N5O4. The zero-order chi connectivity index (χ0) is 25.1. The van der Waals surface area contributed by atoms with Gasteiger partial charge in [-0.1, -0.05) is 6.07 Å². The van der Waals surface area contributed by atoms with Crippen LogP contribution in [0.25, 0.3) is 0 Å². The van der Waals surface area contributed by atoms with Crippen LogP contribution >= 0.6 is 0 Å². The number of benzene rings is 2. The molecular weight excluding hydrogens is 446 g/mol. The quantitative estimate of drug-likeness (QED) is 0.559. The normalized spacial score (nSPS) is 15.2. The predicted octanol–water partition coefficient (Wildman–Crippen LogP) is 4.53. The minimum Gasteiger partial charge on any atom is -0.497 e. The van der Waals surface area contributed by atoms with Gasteiger partial charge in [-0.3, -0.25) is 10.1 Å². The number of carbonyl (C=O) groups excluding carboxylic acids is 2. The molecule has 9 heteroatoms. The monoisotopic (exact) mass is 475 g/mol. The molecule has 1 unspecified atom stereocenters. The standard InChI is InChI=1S/C26H29N5O4/c1-16-6-11-21(34-5)13-23(16)31-15-22(14-24(31)32)35-26(33)29-19-7-9-20(10-8-19)30(4)25-27-17(2)12-18(3)28-25/h6-13,22H,14-15H2,1-5H3,(H,29,33). The summed E-state index contributed by atoms with van der Waals surface area (Å²) in [5.74, 6) is 1.17. The van der Waals surface area contributed by atoms with E-state index in [1.165, 1.54) is 0 Å². The Balaban J connectivity index is 1.36. The molecule has 2 heterocycles. The Morgan fingerprint density at radius 1 is 1.06 bits per heavy atom. The zero-order valence-electron chi connectivity index (χ0n) is 20.5. The molecule has 0 radical (unpaired) electrons. The summed E-state index contributed by atoms with van der Waals surface area (Å²) >= 11 is 0. The van der Waals surface area contributed by atoms with Crippen molar-refractivity contribution in [2.75, 3.05) is 35.8 Å². The number of nitrogens with zero attached hydrogens (tertiary/aromatic N) is 4. The Bertz CT molecular complexity index is 1220. The maximum Gasteiger partial charge on any atom is 0.411 e. The van der Waals surface area contributed by atoms with Crippen LogP contribution in [0.15, 0.2) is 48.5 Å². The van der Waals surface area contributed by atoms with Crippen molar-refractivity contribution in [3.8, 4) is 5.75 Å². The van der Waals surface area contributed by atoms with Crippen molar-refractivity contribution in [2.24, 2.45) is 0 Å². The maximum atomic E-state index is 12.6. The lowest BCUT2D eigenvalue weighted by molar-refractivity contribution is -0.117. The summed E-state index contributed by atoms with van der Waals surface area (Å²) in [5, 5.41) is 2.73. The summed E-state index contributed by atoms with van der Waals surface area (Å²) in [6.45, 7) is 6.08. The van der Waals surface area contributed by atoms with E-state index in [9.17, 15) is 9.59 Å². The highest BCUT2D eigenvalue weighted by atomic mass is 16.6. The number of hydrogen-bond acceptors (Lipinski definition) is 7. The van der Waals surface area contributed by atoms with E-state index in [1.54, 1.807) is 24.1 Å². The maximum absolute atomic E-state index is 12.6. The number of amides is 2. The van der Waals surface area contributed by atoms with E-state index < -0.39 is 12.2 Å². The Morgan fingerprint density at radius 3 is 2.40 bits per heavy atom. The average Bonchev–Trinajstić information content (AvgIpc) is 3.18. The molecule has 0 bridgehead atoms. The van der Waals surface area contributed by atoms with Crippen LogP contribution in [0, 0.1) is 20.8 Å². The van der Waals surface area contributed by atoms with Crippen LogP contribution in [-0.2, 0) is 9.53 Å². The van der Waals surface area contributed by atoms with E-state index in [1.807, 2.05) is 69.1 Å². The van der Waals surface area contributed by atoms with Crippen molar-refractivity contribution in [1.82, 2.24) is 9.97 Å². The molecule has 3 aromatic rings. The topological polar surface area (TPSA) is 96.9 Å². The molecule has 4 rings (SSSR count). The highest BCUT2D eigenvalue weighted by Crippen LogP contribution is 2.30. The molecule has 1 fully saturated rings. The van der Waals surface area contributed by atoms with Crippen molar-refractivity contribution in [3.63, 3.8) is 0 Å². The van der Waals surface area contributed by atoms with Gasteiger partial charge in [-0.2, -0.15) is 0 Å². The lowest BCUT2D eigenvalue weighted by atomic mass is 10.1. The van der Waals surface area contributed by atoms with Gasteiger partial charge in [-0.15, -0.1) is 0 Å². The van der Waals surface area contributed by atoms with Gasteiger partial charge in [-0.25, -0.2) is 14.8 Å². The predicted molar refractivity (Wildman–Crippen MR) is 135 cm³/mol. The highest BCUT2D eigenvalue weighted by Gasteiger charge is 2.34.